The third kappa shape index (κ3) is 5.35. The second-order valence-electron chi connectivity index (χ2n) is 8.66. The molecule has 0 fully saturated rings. The van der Waals surface area contributed by atoms with Crippen molar-refractivity contribution in [1.82, 2.24) is 4.98 Å². The number of esters is 1. The first-order chi connectivity index (χ1) is 18.9. The largest absolute Gasteiger partial charge is 0.497 e. The normalized spacial score (nSPS) is 11.5. The minimum atomic E-state index is -1.32. The molecule has 1 heterocycles. The van der Waals surface area contributed by atoms with Gasteiger partial charge in [0.25, 0.3) is 5.69 Å². The van der Waals surface area contributed by atoms with Gasteiger partial charge >= 0.3 is 5.97 Å². The molecule has 8 heteroatoms. The number of para-hydroxylation sites is 1. The summed E-state index contributed by atoms with van der Waals surface area (Å²) >= 11 is 0. The number of nitrogens with zero attached hydrogens (tertiary/aromatic N) is 2. The molecule has 5 rings (SSSR count). The van der Waals surface area contributed by atoms with E-state index in [0.717, 1.165) is 5.56 Å². The summed E-state index contributed by atoms with van der Waals surface area (Å²) in [5.41, 5.74) is 2.65. The second-order valence-corrected chi connectivity index (χ2v) is 8.66. The minimum Gasteiger partial charge on any atom is -0.497 e. The number of Topliss-reactive ketones (excluding diaryl/α,β-unsaturated/α-hetero) is 1. The Morgan fingerprint density at radius 3 is 2.18 bits per heavy atom. The highest BCUT2D eigenvalue weighted by Gasteiger charge is 2.28. The van der Waals surface area contributed by atoms with Gasteiger partial charge in [0.05, 0.1) is 28.8 Å². The maximum Gasteiger partial charge on any atom is 0.339 e. The highest BCUT2D eigenvalue weighted by atomic mass is 16.6. The number of ether oxygens (including phenoxy) is 2. The van der Waals surface area contributed by atoms with Gasteiger partial charge in [-0.3, -0.25) is 14.9 Å². The van der Waals surface area contributed by atoms with Crippen LogP contribution >= 0.6 is 0 Å². The van der Waals surface area contributed by atoms with E-state index in [-0.39, 0.29) is 11.3 Å². The van der Waals surface area contributed by atoms with Crippen LogP contribution in [0, 0.1) is 10.1 Å². The number of fused-ring (bicyclic) bond motifs is 1. The van der Waals surface area contributed by atoms with E-state index in [1.165, 1.54) is 24.3 Å². The molecule has 0 saturated heterocycles. The number of carbonyl (C=O) groups excluding carboxylic acids is 2. The van der Waals surface area contributed by atoms with E-state index in [9.17, 15) is 19.7 Å². The molecule has 1 atom stereocenters. The monoisotopic (exact) mass is 518 g/mol. The fraction of sp³-hybridized carbons (Fsp3) is 0.0645. The molecule has 0 amide bonds. The van der Waals surface area contributed by atoms with Crippen LogP contribution in [0.3, 0.4) is 0 Å². The Morgan fingerprint density at radius 1 is 0.846 bits per heavy atom. The van der Waals surface area contributed by atoms with Crippen molar-refractivity contribution in [1.29, 1.82) is 0 Å². The number of carbonyl (C=O) groups is 2. The molecule has 8 nitrogen and oxygen atoms in total. The van der Waals surface area contributed by atoms with E-state index >= 15 is 0 Å². The number of benzene rings is 4. The van der Waals surface area contributed by atoms with Gasteiger partial charge in [-0.2, -0.15) is 0 Å². The van der Waals surface area contributed by atoms with Crippen molar-refractivity contribution < 1.29 is 24.0 Å². The molecule has 0 bridgehead atoms. The van der Waals surface area contributed by atoms with Crippen LogP contribution in [0.5, 0.6) is 5.75 Å². The highest BCUT2D eigenvalue weighted by Crippen LogP contribution is 2.30. The Bertz CT molecular complexity index is 1670. The Morgan fingerprint density at radius 2 is 1.51 bits per heavy atom. The summed E-state index contributed by atoms with van der Waals surface area (Å²) in [6, 6.07) is 29.9. The maximum atomic E-state index is 13.7. The number of methoxy groups -OCH3 is 1. The van der Waals surface area contributed by atoms with Crippen LogP contribution in [0.4, 0.5) is 5.69 Å². The average molecular weight is 519 g/mol. The van der Waals surface area contributed by atoms with Crippen LogP contribution < -0.4 is 4.74 Å². The number of pyridine rings is 1. The summed E-state index contributed by atoms with van der Waals surface area (Å²) < 4.78 is 11.1. The average Bonchev–Trinajstić information content (AvgIpc) is 2.99. The smallest absolute Gasteiger partial charge is 0.339 e. The van der Waals surface area contributed by atoms with Crippen LogP contribution in [0.25, 0.3) is 22.2 Å². The van der Waals surface area contributed by atoms with Crippen molar-refractivity contribution in [2.45, 2.75) is 6.10 Å². The molecule has 0 aliphatic carbocycles. The van der Waals surface area contributed by atoms with Gasteiger partial charge in [-0.25, -0.2) is 9.78 Å². The van der Waals surface area contributed by atoms with Crippen LogP contribution in [-0.2, 0) is 4.74 Å². The van der Waals surface area contributed by atoms with Gasteiger partial charge in [0.15, 0.2) is 6.10 Å². The molecule has 0 aliphatic rings. The van der Waals surface area contributed by atoms with Crippen LogP contribution in [0.15, 0.2) is 109 Å². The molecule has 0 N–H and O–H groups in total. The molecule has 192 valence electrons. The lowest BCUT2D eigenvalue weighted by atomic mass is 9.99. The number of hydrogen-bond donors (Lipinski definition) is 0. The minimum absolute atomic E-state index is 0.139. The zero-order valence-electron chi connectivity index (χ0n) is 20.8. The van der Waals surface area contributed by atoms with E-state index in [1.54, 1.807) is 73.8 Å². The van der Waals surface area contributed by atoms with Gasteiger partial charge in [0.2, 0.25) is 5.78 Å². The number of aromatic nitrogens is 1. The van der Waals surface area contributed by atoms with E-state index in [0.29, 0.717) is 33.5 Å². The molecule has 39 heavy (non-hydrogen) atoms. The first-order valence-electron chi connectivity index (χ1n) is 12.0. The highest BCUT2D eigenvalue weighted by molar-refractivity contribution is 6.07. The third-order valence-corrected chi connectivity index (χ3v) is 6.25. The molecule has 4 aromatic carbocycles. The summed E-state index contributed by atoms with van der Waals surface area (Å²) in [7, 11) is 1.58. The predicted molar refractivity (Wildman–Crippen MR) is 146 cm³/mol. The lowest BCUT2D eigenvalue weighted by Crippen LogP contribution is -2.20. The second kappa shape index (κ2) is 10.9. The van der Waals surface area contributed by atoms with E-state index in [2.05, 4.69) is 0 Å². The van der Waals surface area contributed by atoms with Crippen LogP contribution in [0.2, 0.25) is 0 Å². The van der Waals surface area contributed by atoms with E-state index in [1.807, 2.05) is 18.2 Å². The maximum absolute atomic E-state index is 13.7. The number of ketones is 1. The van der Waals surface area contributed by atoms with E-state index in [4.69, 9.17) is 14.5 Å². The summed E-state index contributed by atoms with van der Waals surface area (Å²) in [6.45, 7) is 0. The Hall–Kier alpha value is -5.37. The Labute approximate surface area is 223 Å². The molecular formula is C31H22N2O6. The summed E-state index contributed by atoms with van der Waals surface area (Å²) in [4.78, 5) is 42.5. The van der Waals surface area contributed by atoms with E-state index < -0.39 is 22.8 Å². The summed E-state index contributed by atoms with van der Waals surface area (Å²) in [6.07, 6.45) is -1.32. The number of nitro benzene ring substituents is 1. The Balaban J connectivity index is 1.56. The molecule has 0 aliphatic heterocycles. The van der Waals surface area contributed by atoms with Crippen LogP contribution in [-0.4, -0.2) is 28.8 Å². The molecule has 0 spiro atoms. The SMILES string of the molecule is COc1ccc(-c2cc(C(=O)O[C@H](C(=O)c3ccccc3)c3ccc([N+](=O)[O-])cc3)c3ccccc3n2)cc1. The van der Waals surface area contributed by atoms with Crippen molar-refractivity contribution >= 4 is 28.3 Å². The van der Waals surface area contributed by atoms with Crippen molar-refractivity contribution in [2.75, 3.05) is 7.11 Å². The number of rotatable bonds is 8. The van der Waals surface area contributed by atoms with Crippen molar-refractivity contribution in [3.63, 3.8) is 0 Å². The quantitative estimate of drug-likeness (QED) is 0.0985. The van der Waals surface area contributed by atoms with Crippen molar-refractivity contribution in [2.24, 2.45) is 0 Å². The molecule has 0 saturated carbocycles. The van der Waals surface area contributed by atoms with Gasteiger partial charge in [0.1, 0.15) is 5.75 Å². The van der Waals surface area contributed by atoms with Gasteiger partial charge < -0.3 is 9.47 Å². The summed E-state index contributed by atoms with van der Waals surface area (Å²) in [5.74, 6) is -0.493. The first-order valence-corrected chi connectivity index (χ1v) is 12.0. The fourth-order valence-electron chi connectivity index (χ4n) is 4.22. The molecule has 0 radical (unpaired) electrons. The van der Waals surface area contributed by atoms with Gasteiger partial charge in [0, 0.05) is 34.2 Å². The van der Waals surface area contributed by atoms with Gasteiger partial charge in [-0.15, -0.1) is 0 Å². The number of hydrogen-bond acceptors (Lipinski definition) is 7. The molecule has 1 aromatic heterocycles. The zero-order chi connectivity index (χ0) is 27.4. The third-order valence-electron chi connectivity index (χ3n) is 6.25. The van der Waals surface area contributed by atoms with Gasteiger partial charge in [-0.1, -0.05) is 48.5 Å². The summed E-state index contributed by atoms with van der Waals surface area (Å²) in [5, 5.41) is 11.7. The molecular weight excluding hydrogens is 496 g/mol. The van der Waals surface area contributed by atoms with Crippen LogP contribution in [0.1, 0.15) is 32.4 Å². The number of nitro groups is 1. The number of non-ortho nitro benzene ring substituents is 1. The van der Waals surface area contributed by atoms with Gasteiger partial charge in [-0.05, 0) is 48.5 Å². The van der Waals surface area contributed by atoms with Crippen molar-refractivity contribution in [3.8, 4) is 17.0 Å². The van der Waals surface area contributed by atoms with Crippen molar-refractivity contribution in [3.05, 3.63) is 136 Å². The first kappa shape index (κ1) is 25.3. The lowest BCUT2D eigenvalue weighted by molar-refractivity contribution is -0.384. The fourth-order valence-corrected chi connectivity index (χ4v) is 4.22. The standard InChI is InChI=1S/C31H22N2O6/c1-38-24-17-13-20(14-18-24)28-19-26(25-9-5-6-10-27(25)32-28)31(35)39-30(29(34)21-7-3-2-4-8-21)22-11-15-23(16-12-22)33(36)37/h2-19,30H,1H3/t30-/m0/s1. The molecule has 5 aromatic rings. The predicted octanol–water partition coefficient (Wildman–Crippen LogP) is 6.60. The lowest BCUT2D eigenvalue weighted by Gasteiger charge is -2.18. The topological polar surface area (TPSA) is 109 Å². The molecule has 0 unspecified atom stereocenters. The zero-order valence-corrected chi connectivity index (χ0v) is 20.8. The Kier molecular flexibility index (Phi) is 7.09.